The highest BCUT2D eigenvalue weighted by atomic mass is 16.1. The molecule has 7 heavy (non-hydrogen) atoms. The quantitative estimate of drug-likeness (QED) is 0.354. The van der Waals surface area contributed by atoms with Crippen LogP contribution >= 0.6 is 0 Å². The van der Waals surface area contributed by atoms with E-state index in [9.17, 15) is 4.79 Å². The third-order valence-corrected chi connectivity index (χ3v) is 0.507. The summed E-state index contributed by atoms with van der Waals surface area (Å²) < 4.78 is 0. The molecule has 1 radical (unpaired) electrons. The summed E-state index contributed by atoms with van der Waals surface area (Å²) in [6.07, 6.45) is 5.22. The Kier molecular flexibility index (Phi) is 3.13. The van der Waals surface area contributed by atoms with Gasteiger partial charge in [0.2, 0.25) is 7.28 Å². The predicted molar refractivity (Wildman–Crippen MR) is 30.1 cm³/mol. The summed E-state index contributed by atoms with van der Waals surface area (Å²) in [6.45, 7) is 1.51. The van der Waals surface area contributed by atoms with Crippen LogP contribution in [0, 0.1) is 12.2 Å². The van der Waals surface area contributed by atoms with Gasteiger partial charge in [0.05, 0.1) is 0 Å². The Labute approximate surface area is 44.3 Å². The average molecular weight is 92.9 g/mol. The fourth-order valence-electron chi connectivity index (χ4n) is 0.203. The SMILES string of the molecule is C#C[B]CC(C)=O. The largest absolute Gasteiger partial charge is 0.301 e. The molecular formula is C5H6BO. The number of Topliss-reactive ketones (excluding diaryl/α,β-unsaturated/α-hetero) is 1. The second-order valence-electron chi connectivity index (χ2n) is 1.28. The van der Waals surface area contributed by atoms with Gasteiger partial charge < -0.3 is 4.79 Å². The lowest BCUT2D eigenvalue weighted by Crippen LogP contribution is -1.93. The van der Waals surface area contributed by atoms with E-state index in [2.05, 4.69) is 5.82 Å². The topological polar surface area (TPSA) is 17.1 Å². The average Bonchev–Trinajstić information content (AvgIpc) is 1.61. The summed E-state index contributed by atoms with van der Waals surface area (Å²) in [4.78, 5) is 10.1. The van der Waals surface area contributed by atoms with Crippen LogP contribution < -0.4 is 0 Å². The molecule has 0 spiro atoms. The molecule has 0 saturated heterocycles. The Morgan fingerprint density at radius 2 is 2.57 bits per heavy atom. The highest BCUT2D eigenvalue weighted by molar-refractivity contribution is 6.50. The molecule has 0 N–H and O–H groups in total. The van der Waals surface area contributed by atoms with Gasteiger partial charge in [-0.25, -0.2) is 0 Å². The van der Waals surface area contributed by atoms with Crippen LogP contribution in [0.1, 0.15) is 6.92 Å². The van der Waals surface area contributed by atoms with E-state index < -0.39 is 0 Å². The van der Waals surface area contributed by atoms with Gasteiger partial charge in [0.1, 0.15) is 5.78 Å². The van der Waals surface area contributed by atoms with Crippen LogP contribution in [0.4, 0.5) is 0 Å². The first-order valence-electron chi connectivity index (χ1n) is 2.04. The van der Waals surface area contributed by atoms with E-state index in [-0.39, 0.29) is 5.78 Å². The van der Waals surface area contributed by atoms with Gasteiger partial charge in [0, 0.05) is 0 Å². The first-order valence-corrected chi connectivity index (χ1v) is 2.04. The minimum Gasteiger partial charge on any atom is -0.301 e. The van der Waals surface area contributed by atoms with Gasteiger partial charge in [-0.05, 0) is 13.2 Å². The zero-order valence-corrected chi connectivity index (χ0v) is 4.27. The minimum absolute atomic E-state index is 0.109. The third kappa shape index (κ3) is 5.29. The Morgan fingerprint density at radius 1 is 2.00 bits per heavy atom. The zero-order valence-electron chi connectivity index (χ0n) is 4.27. The number of hydrogen-bond acceptors (Lipinski definition) is 1. The second kappa shape index (κ2) is 3.48. The molecule has 0 rings (SSSR count). The smallest absolute Gasteiger partial charge is 0.223 e. The maximum absolute atomic E-state index is 10.1. The van der Waals surface area contributed by atoms with Crippen molar-refractivity contribution in [2.24, 2.45) is 0 Å². The van der Waals surface area contributed by atoms with Crippen LogP contribution in [-0.4, -0.2) is 13.1 Å². The molecule has 0 heterocycles. The van der Waals surface area contributed by atoms with Gasteiger partial charge in [-0.1, -0.05) is 0 Å². The molecule has 0 atom stereocenters. The van der Waals surface area contributed by atoms with E-state index in [4.69, 9.17) is 6.42 Å². The van der Waals surface area contributed by atoms with Crippen molar-refractivity contribution in [3.05, 3.63) is 0 Å². The van der Waals surface area contributed by atoms with Crippen molar-refractivity contribution in [3.8, 4) is 12.2 Å². The molecule has 0 saturated carbocycles. The number of ketones is 1. The molecule has 35 valence electrons. The maximum atomic E-state index is 10.1. The fraction of sp³-hybridized carbons (Fsp3) is 0.400. The lowest BCUT2D eigenvalue weighted by atomic mass is 9.75. The van der Waals surface area contributed by atoms with Gasteiger partial charge in [-0.2, -0.15) is 5.82 Å². The molecule has 0 unspecified atom stereocenters. The van der Waals surface area contributed by atoms with E-state index in [1.165, 1.54) is 14.2 Å². The van der Waals surface area contributed by atoms with Crippen molar-refractivity contribution >= 4 is 13.1 Å². The number of carbonyl (C=O) groups excluding carboxylic acids is 1. The van der Waals surface area contributed by atoms with E-state index in [1.54, 1.807) is 0 Å². The Hall–Kier alpha value is -0.705. The molecule has 2 heteroatoms. The summed E-state index contributed by atoms with van der Waals surface area (Å²) in [5, 5.41) is 0. The summed E-state index contributed by atoms with van der Waals surface area (Å²) in [5.41, 5.74) is 0. The zero-order chi connectivity index (χ0) is 5.70. The lowest BCUT2D eigenvalue weighted by Gasteiger charge is -1.78. The first-order chi connectivity index (χ1) is 3.27. The number of rotatable bonds is 2. The summed E-state index contributed by atoms with van der Waals surface area (Å²) in [6, 6.07) is 0. The van der Waals surface area contributed by atoms with Crippen LogP contribution in [0.5, 0.6) is 0 Å². The lowest BCUT2D eigenvalue weighted by molar-refractivity contribution is -0.114. The van der Waals surface area contributed by atoms with Gasteiger partial charge in [0.25, 0.3) is 0 Å². The predicted octanol–water partition coefficient (Wildman–Crippen LogP) is 0.289. The highest BCUT2D eigenvalue weighted by Gasteiger charge is 1.88. The summed E-state index contributed by atoms with van der Waals surface area (Å²) >= 11 is 0. The van der Waals surface area contributed by atoms with Crippen LogP contribution in [0.2, 0.25) is 6.32 Å². The molecule has 0 fully saturated rings. The summed E-state index contributed by atoms with van der Waals surface area (Å²) in [5.74, 6) is 2.36. The van der Waals surface area contributed by atoms with E-state index >= 15 is 0 Å². The molecule has 0 aromatic heterocycles. The molecule has 0 aliphatic rings. The standard InChI is InChI=1S/C5H6BO/c1-3-6-4-5(2)7/h1H,4H2,2H3. The molecule has 0 amide bonds. The Bertz CT molecular complexity index is 101. The molecule has 1 nitrogen and oxygen atoms in total. The Balaban J connectivity index is 3.02. The molecule has 0 bridgehead atoms. The van der Waals surface area contributed by atoms with E-state index in [0.717, 1.165) is 0 Å². The molecule has 0 aromatic carbocycles. The van der Waals surface area contributed by atoms with Crippen LogP contribution in [-0.2, 0) is 4.79 Å². The van der Waals surface area contributed by atoms with E-state index in [1.807, 2.05) is 0 Å². The van der Waals surface area contributed by atoms with Crippen LogP contribution in [0.15, 0.2) is 0 Å². The number of hydrogen-bond donors (Lipinski definition) is 0. The van der Waals surface area contributed by atoms with Crippen molar-refractivity contribution in [1.82, 2.24) is 0 Å². The molecule has 0 aliphatic heterocycles. The Morgan fingerprint density at radius 3 is 2.71 bits per heavy atom. The molecule has 0 aliphatic carbocycles. The van der Waals surface area contributed by atoms with Gasteiger partial charge in [0.15, 0.2) is 0 Å². The van der Waals surface area contributed by atoms with E-state index in [0.29, 0.717) is 6.32 Å². The third-order valence-electron chi connectivity index (χ3n) is 0.507. The molecular weight excluding hydrogens is 86.9 g/mol. The highest BCUT2D eigenvalue weighted by Crippen LogP contribution is 1.76. The van der Waals surface area contributed by atoms with Crippen molar-refractivity contribution in [2.45, 2.75) is 13.2 Å². The monoisotopic (exact) mass is 93.1 g/mol. The van der Waals surface area contributed by atoms with Gasteiger partial charge >= 0.3 is 0 Å². The van der Waals surface area contributed by atoms with Crippen LogP contribution in [0.25, 0.3) is 0 Å². The van der Waals surface area contributed by atoms with Crippen molar-refractivity contribution < 1.29 is 4.79 Å². The first kappa shape index (κ1) is 6.29. The van der Waals surface area contributed by atoms with Crippen LogP contribution in [0.3, 0.4) is 0 Å². The van der Waals surface area contributed by atoms with Crippen molar-refractivity contribution in [2.75, 3.05) is 0 Å². The van der Waals surface area contributed by atoms with Crippen molar-refractivity contribution in [1.29, 1.82) is 0 Å². The maximum Gasteiger partial charge on any atom is 0.223 e. The molecule has 0 aromatic rings. The number of carbonyl (C=O) groups is 1. The minimum atomic E-state index is 0.109. The fourth-order valence-corrected chi connectivity index (χ4v) is 0.203. The summed E-state index contributed by atoms with van der Waals surface area (Å²) in [7, 11) is 1.50. The second-order valence-corrected chi connectivity index (χ2v) is 1.28. The van der Waals surface area contributed by atoms with Crippen molar-refractivity contribution in [3.63, 3.8) is 0 Å². The van der Waals surface area contributed by atoms with Gasteiger partial charge in [-0.3, -0.25) is 0 Å². The normalized spacial score (nSPS) is 6.86. The van der Waals surface area contributed by atoms with Gasteiger partial charge in [-0.15, -0.1) is 6.42 Å². The number of terminal acetylenes is 1.